The topological polar surface area (TPSA) is 95.2 Å². The summed E-state index contributed by atoms with van der Waals surface area (Å²) in [6, 6.07) is 8.14. The van der Waals surface area contributed by atoms with Gasteiger partial charge in [-0.3, -0.25) is 0 Å². The zero-order valence-electron chi connectivity index (χ0n) is 10.9. The van der Waals surface area contributed by atoms with Crippen molar-refractivity contribution in [2.75, 3.05) is 0 Å². The molecule has 3 fully saturated rings. The van der Waals surface area contributed by atoms with Gasteiger partial charge in [-0.05, 0) is 60.5 Å². The van der Waals surface area contributed by atoms with E-state index in [-0.39, 0.29) is 34.8 Å². The molecule has 4 nitrogen and oxygen atoms in total. The quantitative estimate of drug-likeness (QED) is 0.625. The van der Waals surface area contributed by atoms with Gasteiger partial charge in [0, 0.05) is 0 Å². The summed E-state index contributed by atoms with van der Waals surface area (Å²) in [7, 11) is 0. The van der Waals surface area contributed by atoms with Gasteiger partial charge in [0.15, 0.2) is 0 Å². The number of nitrogens with zero attached hydrogens (tertiary/aromatic N) is 4. The first-order valence-corrected chi connectivity index (χ1v) is 6.85. The van der Waals surface area contributed by atoms with Gasteiger partial charge in [-0.2, -0.15) is 21.0 Å². The van der Waals surface area contributed by atoms with Gasteiger partial charge in [-0.25, -0.2) is 0 Å². The fraction of sp³-hybridized carbons (Fsp3) is 0.500. The van der Waals surface area contributed by atoms with E-state index in [1.807, 2.05) is 24.3 Å². The minimum Gasteiger partial charge on any atom is -0.192 e. The number of nitriles is 4. The maximum atomic E-state index is 9.15. The van der Waals surface area contributed by atoms with Crippen LogP contribution in [0.25, 0.3) is 0 Å². The van der Waals surface area contributed by atoms with E-state index in [4.69, 9.17) is 21.0 Å². The van der Waals surface area contributed by atoms with Gasteiger partial charge in [0.1, 0.15) is 35.4 Å². The molecular formula is C16H12N4. The van der Waals surface area contributed by atoms with Crippen molar-refractivity contribution in [1.82, 2.24) is 0 Å². The first-order chi connectivity index (χ1) is 9.76. The predicted molar refractivity (Wildman–Crippen MR) is 68.9 cm³/mol. The summed E-state index contributed by atoms with van der Waals surface area (Å²) in [4.78, 5) is 0. The third-order valence-electron chi connectivity index (χ3n) is 5.17. The van der Waals surface area contributed by atoms with Crippen molar-refractivity contribution in [3.05, 3.63) is 22.3 Å². The summed E-state index contributed by atoms with van der Waals surface area (Å²) in [6.45, 7) is 0. The van der Waals surface area contributed by atoms with Crippen LogP contribution in [-0.4, -0.2) is 0 Å². The maximum absolute atomic E-state index is 9.15. The Labute approximate surface area is 117 Å². The molecule has 0 bridgehead atoms. The molecule has 0 aromatic carbocycles. The van der Waals surface area contributed by atoms with Crippen LogP contribution in [0, 0.1) is 69.0 Å². The Bertz CT molecular complexity index is 581. The molecule has 4 heteroatoms. The van der Waals surface area contributed by atoms with E-state index in [0.717, 1.165) is 36.8 Å². The second-order valence-electron chi connectivity index (χ2n) is 5.69. The average Bonchev–Trinajstić information content (AvgIpc) is 2.37. The van der Waals surface area contributed by atoms with Crippen LogP contribution in [0.5, 0.6) is 0 Å². The first-order valence-electron chi connectivity index (χ1n) is 6.85. The molecule has 0 saturated heterocycles. The molecule has 0 aromatic rings. The highest BCUT2D eigenvalue weighted by Gasteiger charge is 2.53. The maximum Gasteiger partial charge on any atom is 0.129 e. The summed E-state index contributed by atoms with van der Waals surface area (Å²) in [5.41, 5.74) is 2.57. The van der Waals surface area contributed by atoms with Crippen LogP contribution in [0.15, 0.2) is 22.3 Å². The molecule has 0 amide bonds. The molecule has 0 aromatic heterocycles. The van der Waals surface area contributed by atoms with Gasteiger partial charge in [-0.1, -0.05) is 0 Å². The fourth-order valence-corrected chi connectivity index (χ4v) is 4.09. The molecule has 96 valence electrons. The van der Waals surface area contributed by atoms with E-state index in [2.05, 4.69) is 0 Å². The van der Waals surface area contributed by atoms with Crippen molar-refractivity contribution in [2.24, 2.45) is 23.7 Å². The van der Waals surface area contributed by atoms with E-state index < -0.39 is 0 Å². The summed E-state index contributed by atoms with van der Waals surface area (Å²) in [5.74, 6) is 0.824. The molecule has 3 rings (SSSR count). The Morgan fingerprint density at radius 1 is 0.600 bits per heavy atom. The van der Waals surface area contributed by atoms with Gasteiger partial charge in [0.25, 0.3) is 0 Å². The lowest BCUT2D eigenvalue weighted by Crippen LogP contribution is -2.47. The Morgan fingerprint density at radius 3 is 1.00 bits per heavy atom. The lowest BCUT2D eigenvalue weighted by atomic mass is 9.47. The van der Waals surface area contributed by atoms with E-state index >= 15 is 0 Å². The smallest absolute Gasteiger partial charge is 0.129 e. The van der Waals surface area contributed by atoms with Gasteiger partial charge >= 0.3 is 0 Å². The van der Waals surface area contributed by atoms with Gasteiger partial charge in [0.2, 0.25) is 0 Å². The molecule has 0 aliphatic heterocycles. The molecule has 4 unspecified atom stereocenters. The monoisotopic (exact) mass is 260 g/mol. The third-order valence-corrected chi connectivity index (χ3v) is 5.17. The van der Waals surface area contributed by atoms with Crippen molar-refractivity contribution in [1.29, 1.82) is 21.0 Å². The van der Waals surface area contributed by atoms with E-state index in [1.54, 1.807) is 0 Å². The Kier molecular flexibility index (Phi) is 2.82. The Hall–Kier alpha value is -2.56. The van der Waals surface area contributed by atoms with Crippen molar-refractivity contribution in [3.63, 3.8) is 0 Å². The largest absolute Gasteiger partial charge is 0.192 e. The highest BCUT2D eigenvalue weighted by atomic mass is 14.6. The SMILES string of the molecule is N#CC(C#N)=C1C2CCC2C(=C(C#N)C#N)C2CCC12. The predicted octanol–water partition coefficient (Wildman–Crippen LogP) is 2.74. The molecule has 0 radical (unpaired) electrons. The fourth-order valence-electron chi connectivity index (χ4n) is 4.09. The number of hydrogen-bond acceptors (Lipinski definition) is 4. The molecule has 0 spiro atoms. The number of hydrogen-bond donors (Lipinski definition) is 0. The zero-order valence-corrected chi connectivity index (χ0v) is 10.9. The number of rotatable bonds is 0. The standard InChI is InChI=1S/C16H12N4/c17-5-9(6-18)15-11-1-2-12(11)16(10(7-19)8-20)14-4-3-13(14)15/h11-14H,1-4H2. The van der Waals surface area contributed by atoms with Crippen LogP contribution in [0.1, 0.15) is 25.7 Å². The minimum absolute atomic E-state index is 0.206. The molecule has 4 atom stereocenters. The van der Waals surface area contributed by atoms with Crippen LogP contribution < -0.4 is 0 Å². The zero-order chi connectivity index (χ0) is 14.3. The molecule has 3 aliphatic rings. The van der Waals surface area contributed by atoms with Gasteiger partial charge in [0.05, 0.1) is 0 Å². The van der Waals surface area contributed by atoms with Crippen molar-refractivity contribution < 1.29 is 0 Å². The van der Waals surface area contributed by atoms with E-state index in [9.17, 15) is 0 Å². The number of allylic oxidation sites excluding steroid dienone is 4. The normalized spacial score (nSPS) is 32.8. The molecule has 20 heavy (non-hydrogen) atoms. The second-order valence-corrected chi connectivity index (χ2v) is 5.69. The average molecular weight is 260 g/mol. The van der Waals surface area contributed by atoms with Crippen molar-refractivity contribution in [3.8, 4) is 24.3 Å². The first kappa shape index (κ1) is 12.5. The van der Waals surface area contributed by atoms with E-state index in [1.165, 1.54) is 0 Å². The van der Waals surface area contributed by atoms with Crippen LogP contribution in [0.2, 0.25) is 0 Å². The van der Waals surface area contributed by atoms with Crippen LogP contribution in [0.3, 0.4) is 0 Å². The lowest BCUT2D eigenvalue weighted by molar-refractivity contribution is 0.103. The van der Waals surface area contributed by atoms with Gasteiger partial charge < -0.3 is 0 Å². The van der Waals surface area contributed by atoms with Crippen LogP contribution in [0.4, 0.5) is 0 Å². The molecule has 0 N–H and O–H groups in total. The van der Waals surface area contributed by atoms with Crippen LogP contribution >= 0.6 is 0 Å². The van der Waals surface area contributed by atoms with Crippen molar-refractivity contribution >= 4 is 0 Å². The lowest BCUT2D eigenvalue weighted by Gasteiger charge is -2.56. The molecular weight excluding hydrogens is 248 g/mol. The molecule has 3 saturated carbocycles. The Balaban J connectivity index is 2.13. The summed E-state index contributed by atoms with van der Waals surface area (Å²) < 4.78 is 0. The Morgan fingerprint density at radius 2 is 0.850 bits per heavy atom. The summed E-state index contributed by atoms with van der Waals surface area (Å²) in [6.07, 6.45) is 3.85. The summed E-state index contributed by atoms with van der Waals surface area (Å²) in [5, 5.41) is 36.6. The molecule has 0 heterocycles. The second kappa shape index (κ2) is 4.52. The third kappa shape index (κ3) is 1.43. The highest BCUT2D eigenvalue weighted by Crippen LogP contribution is 2.62. The molecule has 3 aliphatic carbocycles. The van der Waals surface area contributed by atoms with Gasteiger partial charge in [-0.15, -0.1) is 0 Å². The van der Waals surface area contributed by atoms with Crippen LogP contribution in [-0.2, 0) is 0 Å². The minimum atomic E-state index is 0.206. The van der Waals surface area contributed by atoms with Crippen molar-refractivity contribution in [2.45, 2.75) is 25.7 Å². The number of fused-ring (bicyclic) bond motifs is 2. The van der Waals surface area contributed by atoms with E-state index in [0.29, 0.717) is 0 Å². The highest BCUT2D eigenvalue weighted by molar-refractivity contribution is 5.52. The summed E-state index contributed by atoms with van der Waals surface area (Å²) >= 11 is 0.